The molecule has 88 valence electrons. The van der Waals surface area contributed by atoms with Gasteiger partial charge in [-0.05, 0) is 19.1 Å². The molecule has 1 aliphatic rings. The first-order valence-electron chi connectivity index (χ1n) is 4.52. The molecule has 5 nitrogen and oxygen atoms in total. The standard InChI is InChI=1S/C9H10O4S.CH2O/c1-9(12-4-5-13-9)7-3-2-6(14-7)8(10)11;1-2/h2-3H,4-5H2,1H3,(H,10,11);1H2. The van der Waals surface area contributed by atoms with Gasteiger partial charge in [0.25, 0.3) is 0 Å². The molecule has 0 bridgehead atoms. The summed E-state index contributed by atoms with van der Waals surface area (Å²) in [6, 6.07) is 3.30. The number of thiophene rings is 1. The van der Waals surface area contributed by atoms with E-state index in [0.29, 0.717) is 18.1 Å². The van der Waals surface area contributed by atoms with Crippen LogP contribution in [-0.4, -0.2) is 31.1 Å². The summed E-state index contributed by atoms with van der Waals surface area (Å²) in [4.78, 5) is 19.8. The highest BCUT2D eigenvalue weighted by Gasteiger charge is 2.34. The van der Waals surface area contributed by atoms with Gasteiger partial charge in [-0.2, -0.15) is 0 Å². The lowest BCUT2D eigenvalue weighted by atomic mass is 10.2. The van der Waals surface area contributed by atoms with Gasteiger partial charge >= 0.3 is 5.97 Å². The van der Waals surface area contributed by atoms with Gasteiger partial charge in [0.15, 0.2) is 0 Å². The van der Waals surface area contributed by atoms with Crippen LogP contribution in [0.15, 0.2) is 12.1 Å². The highest BCUT2D eigenvalue weighted by atomic mass is 32.1. The van der Waals surface area contributed by atoms with Crippen molar-refractivity contribution >= 4 is 24.1 Å². The first-order chi connectivity index (χ1) is 7.62. The molecule has 6 heteroatoms. The Hall–Kier alpha value is -1.24. The Morgan fingerprint density at radius 1 is 1.44 bits per heavy atom. The van der Waals surface area contributed by atoms with Crippen LogP contribution >= 0.6 is 11.3 Å². The number of carbonyl (C=O) groups excluding carboxylic acids is 1. The van der Waals surface area contributed by atoms with E-state index in [2.05, 4.69) is 0 Å². The largest absolute Gasteiger partial charge is 0.477 e. The van der Waals surface area contributed by atoms with Crippen LogP contribution < -0.4 is 0 Å². The molecule has 0 unspecified atom stereocenters. The van der Waals surface area contributed by atoms with E-state index in [1.807, 2.05) is 6.79 Å². The van der Waals surface area contributed by atoms with Crippen LogP contribution in [0.1, 0.15) is 21.5 Å². The molecular weight excluding hydrogens is 232 g/mol. The Morgan fingerprint density at radius 2 is 2.00 bits per heavy atom. The number of carbonyl (C=O) groups is 2. The maximum Gasteiger partial charge on any atom is 0.345 e. The van der Waals surface area contributed by atoms with Crippen LogP contribution in [0.4, 0.5) is 0 Å². The van der Waals surface area contributed by atoms with Crippen molar-refractivity contribution in [2.75, 3.05) is 13.2 Å². The average Bonchev–Trinajstić information content (AvgIpc) is 2.89. The SMILES string of the molecule is C=O.CC1(c2ccc(C(=O)O)s2)OCCO1. The first kappa shape index (κ1) is 12.8. The first-order valence-corrected chi connectivity index (χ1v) is 5.34. The minimum Gasteiger partial charge on any atom is -0.477 e. The molecule has 0 aromatic carbocycles. The number of ether oxygens (including phenoxy) is 2. The molecule has 2 heterocycles. The normalized spacial score (nSPS) is 17.6. The van der Waals surface area contributed by atoms with Crippen LogP contribution in [-0.2, 0) is 20.1 Å². The summed E-state index contributed by atoms with van der Waals surface area (Å²) in [5, 5.41) is 8.75. The highest BCUT2D eigenvalue weighted by molar-refractivity contribution is 7.14. The zero-order chi connectivity index (χ0) is 12.2. The number of carboxylic acid groups (broad SMARTS) is 1. The van der Waals surface area contributed by atoms with E-state index in [9.17, 15) is 4.79 Å². The van der Waals surface area contributed by atoms with E-state index >= 15 is 0 Å². The number of hydrogen-bond acceptors (Lipinski definition) is 5. The summed E-state index contributed by atoms with van der Waals surface area (Å²) in [5.41, 5.74) is 0. The quantitative estimate of drug-likeness (QED) is 0.853. The van der Waals surface area contributed by atoms with Crippen molar-refractivity contribution in [1.82, 2.24) is 0 Å². The van der Waals surface area contributed by atoms with Gasteiger partial charge in [-0.1, -0.05) is 0 Å². The van der Waals surface area contributed by atoms with Crippen LogP contribution in [0, 0.1) is 0 Å². The lowest BCUT2D eigenvalue weighted by Gasteiger charge is -2.19. The summed E-state index contributed by atoms with van der Waals surface area (Å²) < 4.78 is 10.8. The van der Waals surface area contributed by atoms with Gasteiger partial charge in [0.2, 0.25) is 5.79 Å². The Kier molecular flexibility index (Phi) is 4.17. The monoisotopic (exact) mass is 244 g/mol. The number of hydrogen-bond donors (Lipinski definition) is 1. The van der Waals surface area contributed by atoms with Crippen LogP contribution in [0.25, 0.3) is 0 Å². The molecule has 1 aromatic rings. The lowest BCUT2D eigenvalue weighted by molar-refractivity contribution is -0.146. The summed E-state index contributed by atoms with van der Waals surface area (Å²) >= 11 is 1.19. The van der Waals surface area contributed by atoms with E-state index in [0.717, 1.165) is 4.88 Å². The van der Waals surface area contributed by atoms with Crippen LogP contribution in [0.2, 0.25) is 0 Å². The molecule has 0 saturated carbocycles. The topological polar surface area (TPSA) is 72.8 Å². The maximum atomic E-state index is 10.7. The van der Waals surface area contributed by atoms with Crippen molar-refractivity contribution in [2.45, 2.75) is 12.7 Å². The Labute approximate surface area is 96.6 Å². The van der Waals surface area contributed by atoms with Crippen LogP contribution in [0.3, 0.4) is 0 Å². The second kappa shape index (κ2) is 5.20. The van der Waals surface area contributed by atoms with E-state index in [4.69, 9.17) is 19.4 Å². The second-order valence-corrected chi connectivity index (χ2v) is 4.20. The van der Waals surface area contributed by atoms with Gasteiger partial charge in [0.05, 0.1) is 18.1 Å². The molecule has 0 aliphatic carbocycles. The number of aromatic carboxylic acids is 1. The summed E-state index contributed by atoms with van der Waals surface area (Å²) in [6.45, 7) is 4.91. The van der Waals surface area contributed by atoms with Crippen LogP contribution in [0.5, 0.6) is 0 Å². The summed E-state index contributed by atoms with van der Waals surface area (Å²) in [6.07, 6.45) is 0. The molecule has 0 radical (unpaired) electrons. The molecule has 0 amide bonds. The third-order valence-electron chi connectivity index (χ3n) is 2.10. The smallest absolute Gasteiger partial charge is 0.345 e. The fourth-order valence-electron chi connectivity index (χ4n) is 1.35. The van der Waals surface area contributed by atoms with Gasteiger partial charge in [0.1, 0.15) is 11.7 Å². The van der Waals surface area contributed by atoms with E-state index in [-0.39, 0.29) is 0 Å². The number of carboxylic acids is 1. The Morgan fingerprint density at radius 3 is 2.44 bits per heavy atom. The van der Waals surface area contributed by atoms with Gasteiger partial charge in [-0.15, -0.1) is 11.3 Å². The molecule has 16 heavy (non-hydrogen) atoms. The molecular formula is C10H12O5S. The van der Waals surface area contributed by atoms with Gasteiger partial charge in [-0.3, -0.25) is 0 Å². The zero-order valence-corrected chi connectivity index (χ0v) is 9.58. The Balaban J connectivity index is 0.000000606. The summed E-state index contributed by atoms with van der Waals surface area (Å²) in [7, 11) is 0. The molecule has 1 fully saturated rings. The van der Waals surface area contributed by atoms with Crippen molar-refractivity contribution in [3.63, 3.8) is 0 Å². The van der Waals surface area contributed by atoms with Gasteiger partial charge in [-0.25, -0.2) is 4.79 Å². The molecule has 1 saturated heterocycles. The minimum atomic E-state index is -0.914. The van der Waals surface area contributed by atoms with Crippen molar-refractivity contribution in [2.24, 2.45) is 0 Å². The third kappa shape index (κ3) is 2.46. The molecule has 0 atom stereocenters. The van der Waals surface area contributed by atoms with Crippen molar-refractivity contribution in [3.05, 3.63) is 21.9 Å². The predicted molar refractivity (Wildman–Crippen MR) is 57.7 cm³/mol. The van der Waals surface area contributed by atoms with E-state index < -0.39 is 11.8 Å². The Bertz CT molecular complexity index is 367. The van der Waals surface area contributed by atoms with Gasteiger partial charge < -0.3 is 19.4 Å². The zero-order valence-electron chi connectivity index (χ0n) is 8.76. The fourth-order valence-corrected chi connectivity index (χ4v) is 2.25. The predicted octanol–water partition coefficient (Wildman–Crippen LogP) is 1.48. The number of rotatable bonds is 2. The van der Waals surface area contributed by atoms with Crippen molar-refractivity contribution in [1.29, 1.82) is 0 Å². The van der Waals surface area contributed by atoms with Gasteiger partial charge in [0, 0.05) is 0 Å². The molecule has 2 rings (SSSR count). The summed E-state index contributed by atoms with van der Waals surface area (Å²) in [5.74, 6) is -1.67. The fraction of sp³-hybridized carbons (Fsp3) is 0.400. The molecule has 1 N–H and O–H groups in total. The second-order valence-electron chi connectivity index (χ2n) is 3.11. The van der Waals surface area contributed by atoms with Crippen molar-refractivity contribution in [3.8, 4) is 0 Å². The lowest BCUT2D eigenvalue weighted by Crippen LogP contribution is -2.20. The molecule has 1 aliphatic heterocycles. The molecule has 0 spiro atoms. The van der Waals surface area contributed by atoms with Crippen molar-refractivity contribution < 1.29 is 24.2 Å². The molecule has 1 aromatic heterocycles. The third-order valence-corrected chi connectivity index (χ3v) is 3.36. The minimum absolute atomic E-state index is 0.306. The van der Waals surface area contributed by atoms with E-state index in [1.54, 1.807) is 19.1 Å². The average molecular weight is 244 g/mol. The highest BCUT2D eigenvalue weighted by Crippen LogP contribution is 2.35. The maximum absolute atomic E-state index is 10.7. The van der Waals surface area contributed by atoms with E-state index in [1.165, 1.54) is 11.3 Å².